The maximum atomic E-state index is 12.5. The molecule has 3 amide bonds. The Hall–Kier alpha value is -1.88. The topological polar surface area (TPSA) is 125 Å². The Morgan fingerprint density at radius 1 is 1.12 bits per heavy atom. The molecule has 11 heteroatoms. The first-order valence-electron chi connectivity index (χ1n) is 7.87. The van der Waals surface area contributed by atoms with Crippen molar-refractivity contribution >= 4 is 27.9 Å². The quantitative estimate of drug-likeness (QED) is 0.575. The molecule has 1 rings (SSSR count). The molecule has 10 nitrogen and oxygen atoms in total. The highest BCUT2D eigenvalue weighted by Crippen LogP contribution is 2.14. The van der Waals surface area contributed by atoms with Gasteiger partial charge in [-0.05, 0) is 20.8 Å². The van der Waals surface area contributed by atoms with Crippen LogP contribution in [0.15, 0.2) is 0 Å². The molecule has 0 aromatic heterocycles. The zero-order valence-corrected chi connectivity index (χ0v) is 15.9. The molecule has 1 heterocycles. The van der Waals surface area contributed by atoms with Gasteiger partial charge in [0.15, 0.2) is 0 Å². The summed E-state index contributed by atoms with van der Waals surface area (Å²) in [5.41, 5.74) is 0. The first-order valence-corrected chi connectivity index (χ1v) is 9.72. The second-order valence-electron chi connectivity index (χ2n) is 6.19. The van der Waals surface area contributed by atoms with Gasteiger partial charge < -0.3 is 20.3 Å². The summed E-state index contributed by atoms with van der Waals surface area (Å²) in [4.78, 5) is 37.6. The largest absolute Gasteiger partial charge is 0.467 e. The van der Waals surface area contributed by atoms with Crippen molar-refractivity contribution in [1.82, 2.24) is 19.8 Å². The van der Waals surface area contributed by atoms with Gasteiger partial charge in [0.25, 0.3) is 0 Å². The molecular formula is C14H26N4O6S. The molecular weight excluding hydrogens is 352 g/mol. The maximum Gasteiger partial charge on any atom is 0.328 e. The summed E-state index contributed by atoms with van der Waals surface area (Å²) in [6.07, 6.45) is 1.04. The van der Waals surface area contributed by atoms with E-state index in [-0.39, 0.29) is 25.7 Å². The Kier molecular flexibility index (Phi) is 7.17. The molecule has 0 aliphatic carbocycles. The molecule has 0 aromatic rings. The number of sulfonamides is 1. The van der Waals surface area contributed by atoms with Crippen molar-refractivity contribution in [2.45, 2.75) is 38.9 Å². The molecule has 0 radical (unpaired) electrons. The highest BCUT2D eigenvalue weighted by atomic mass is 32.2. The van der Waals surface area contributed by atoms with Gasteiger partial charge in [-0.1, -0.05) is 0 Å². The number of hydrogen-bond donors (Lipinski definition) is 2. The number of ether oxygens (including phenoxy) is 1. The van der Waals surface area contributed by atoms with Crippen LogP contribution < -0.4 is 10.6 Å². The minimum atomic E-state index is -3.51. The summed E-state index contributed by atoms with van der Waals surface area (Å²) in [6.45, 7) is 4.98. The van der Waals surface area contributed by atoms with E-state index in [9.17, 15) is 22.8 Å². The summed E-state index contributed by atoms with van der Waals surface area (Å²) in [5.74, 6) is -1.26. The highest BCUT2D eigenvalue weighted by Gasteiger charge is 2.39. The van der Waals surface area contributed by atoms with Crippen LogP contribution in [0.2, 0.25) is 0 Å². The molecule has 2 N–H and O–H groups in total. The molecule has 2 unspecified atom stereocenters. The van der Waals surface area contributed by atoms with Gasteiger partial charge in [-0.2, -0.15) is 4.31 Å². The fourth-order valence-corrected chi connectivity index (χ4v) is 3.23. The fourth-order valence-electron chi connectivity index (χ4n) is 2.40. The van der Waals surface area contributed by atoms with E-state index in [1.165, 1.54) is 18.9 Å². The molecule has 2 atom stereocenters. The van der Waals surface area contributed by atoms with E-state index in [1.54, 1.807) is 13.8 Å². The summed E-state index contributed by atoms with van der Waals surface area (Å²) in [7, 11) is -2.32. The number of amides is 3. The van der Waals surface area contributed by atoms with Crippen molar-refractivity contribution in [1.29, 1.82) is 0 Å². The fraction of sp³-hybridized carbons (Fsp3) is 0.786. The van der Waals surface area contributed by atoms with Crippen LogP contribution in [0, 0.1) is 0 Å². The lowest BCUT2D eigenvalue weighted by Crippen LogP contribution is -2.64. The van der Waals surface area contributed by atoms with Gasteiger partial charge in [-0.3, -0.25) is 4.79 Å². The summed E-state index contributed by atoms with van der Waals surface area (Å²) < 4.78 is 29.3. The normalized spacial score (nSPS) is 20.1. The molecule has 0 aromatic carbocycles. The predicted molar refractivity (Wildman–Crippen MR) is 90.2 cm³/mol. The molecule has 1 saturated heterocycles. The molecule has 0 saturated carbocycles. The van der Waals surface area contributed by atoms with E-state index in [1.807, 2.05) is 0 Å². The molecule has 1 aliphatic rings. The number of urea groups is 1. The lowest BCUT2D eigenvalue weighted by Gasteiger charge is -2.39. The average molecular weight is 378 g/mol. The molecule has 1 fully saturated rings. The Morgan fingerprint density at radius 2 is 1.72 bits per heavy atom. The maximum absolute atomic E-state index is 12.5. The second kappa shape index (κ2) is 8.48. The third-order valence-corrected chi connectivity index (χ3v) is 4.97. The SMILES string of the molecule is COC(=O)C(C)NC(=O)C1CN(S(C)(=O)=O)CCN1C(=O)NC(C)C. The smallest absolute Gasteiger partial charge is 0.328 e. The van der Waals surface area contributed by atoms with Crippen molar-refractivity contribution in [2.75, 3.05) is 33.0 Å². The number of carbonyl (C=O) groups is 3. The molecule has 1 aliphatic heterocycles. The van der Waals surface area contributed by atoms with Crippen molar-refractivity contribution in [3.63, 3.8) is 0 Å². The lowest BCUT2D eigenvalue weighted by atomic mass is 10.1. The van der Waals surface area contributed by atoms with Gasteiger partial charge in [0.05, 0.1) is 13.4 Å². The van der Waals surface area contributed by atoms with Crippen molar-refractivity contribution in [3.05, 3.63) is 0 Å². The van der Waals surface area contributed by atoms with Crippen LogP contribution in [0.3, 0.4) is 0 Å². The lowest BCUT2D eigenvalue weighted by molar-refractivity contribution is -0.145. The summed E-state index contributed by atoms with van der Waals surface area (Å²) in [6, 6.07) is -2.57. The number of piperazine rings is 1. The number of hydrogen-bond acceptors (Lipinski definition) is 6. The van der Waals surface area contributed by atoms with E-state index < -0.39 is 40.0 Å². The van der Waals surface area contributed by atoms with Crippen molar-refractivity contribution in [2.24, 2.45) is 0 Å². The number of rotatable bonds is 5. The van der Waals surface area contributed by atoms with E-state index in [0.29, 0.717) is 0 Å². The summed E-state index contributed by atoms with van der Waals surface area (Å²) in [5, 5.41) is 5.14. The Morgan fingerprint density at radius 3 is 2.20 bits per heavy atom. The van der Waals surface area contributed by atoms with Crippen LogP contribution in [0.5, 0.6) is 0 Å². The summed E-state index contributed by atoms with van der Waals surface area (Å²) >= 11 is 0. The van der Waals surface area contributed by atoms with Crippen molar-refractivity contribution < 1.29 is 27.5 Å². The predicted octanol–water partition coefficient (Wildman–Crippen LogP) is -1.27. The third-order valence-electron chi connectivity index (χ3n) is 3.70. The van der Waals surface area contributed by atoms with E-state index in [0.717, 1.165) is 10.6 Å². The minimum Gasteiger partial charge on any atom is -0.467 e. The van der Waals surface area contributed by atoms with E-state index in [4.69, 9.17) is 0 Å². The first kappa shape index (κ1) is 21.2. The molecule has 0 spiro atoms. The third kappa shape index (κ3) is 5.85. The van der Waals surface area contributed by atoms with Gasteiger partial charge >= 0.3 is 12.0 Å². The van der Waals surface area contributed by atoms with E-state index >= 15 is 0 Å². The number of methoxy groups -OCH3 is 1. The Bertz CT molecular complexity index is 621. The minimum absolute atomic E-state index is 0.0658. The van der Waals surface area contributed by atoms with Crippen LogP contribution in [-0.2, 0) is 24.3 Å². The van der Waals surface area contributed by atoms with Crippen LogP contribution in [0.25, 0.3) is 0 Å². The molecule has 25 heavy (non-hydrogen) atoms. The number of nitrogens with zero attached hydrogens (tertiary/aromatic N) is 2. The van der Waals surface area contributed by atoms with Gasteiger partial charge in [0, 0.05) is 25.7 Å². The number of carbonyl (C=O) groups excluding carboxylic acids is 3. The van der Waals surface area contributed by atoms with Crippen LogP contribution >= 0.6 is 0 Å². The van der Waals surface area contributed by atoms with E-state index in [2.05, 4.69) is 15.4 Å². The van der Waals surface area contributed by atoms with Gasteiger partial charge in [-0.25, -0.2) is 18.0 Å². The monoisotopic (exact) mass is 378 g/mol. The van der Waals surface area contributed by atoms with Crippen LogP contribution in [0.4, 0.5) is 4.79 Å². The van der Waals surface area contributed by atoms with Crippen LogP contribution in [-0.4, -0.2) is 86.7 Å². The van der Waals surface area contributed by atoms with Gasteiger partial charge in [-0.15, -0.1) is 0 Å². The van der Waals surface area contributed by atoms with Crippen molar-refractivity contribution in [3.8, 4) is 0 Å². The van der Waals surface area contributed by atoms with Gasteiger partial charge in [0.1, 0.15) is 12.1 Å². The number of nitrogens with one attached hydrogen (secondary N) is 2. The number of esters is 1. The first-order chi connectivity index (χ1) is 11.5. The van der Waals surface area contributed by atoms with Gasteiger partial charge in [0.2, 0.25) is 15.9 Å². The highest BCUT2D eigenvalue weighted by molar-refractivity contribution is 7.88. The molecule has 144 valence electrons. The zero-order chi connectivity index (χ0) is 19.4. The van der Waals surface area contributed by atoms with Crippen LogP contribution in [0.1, 0.15) is 20.8 Å². The average Bonchev–Trinajstić information content (AvgIpc) is 2.51. The Labute approximate surface area is 147 Å². The standard InChI is InChI=1S/C14H26N4O6S/c1-9(2)15-14(21)18-7-6-17(25(5,22)23)8-11(18)12(19)16-10(3)13(20)24-4/h9-11H,6-8H2,1-5H3,(H,15,21)(H,16,19). The second-order valence-corrected chi connectivity index (χ2v) is 8.17. The zero-order valence-electron chi connectivity index (χ0n) is 15.1. The Balaban J connectivity index is 2.99. The molecule has 0 bridgehead atoms.